The summed E-state index contributed by atoms with van der Waals surface area (Å²) < 4.78 is 0. The highest BCUT2D eigenvalue weighted by Gasteiger charge is 2.35. The number of para-hydroxylation sites is 1. The number of rotatable bonds is 4. The van der Waals surface area contributed by atoms with Crippen LogP contribution in [0.3, 0.4) is 0 Å². The molecule has 0 spiro atoms. The van der Waals surface area contributed by atoms with Gasteiger partial charge in [-0.2, -0.15) is 0 Å². The number of hydrogen-bond donors (Lipinski definition) is 1. The third-order valence-corrected chi connectivity index (χ3v) is 5.95. The Kier molecular flexibility index (Phi) is 5.64. The van der Waals surface area contributed by atoms with Crippen LogP contribution in [0, 0.1) is 10.1 Å². The number of nitro benzene ring substituents is 1. The molecule has 1 fully saturated rings. The lowest BCUT2D eigenvalue weighted by Crippen LogP contribution is -2.54. The standard InChI is InChI=1S/C21H12ClN3O4S2/c22-12-5-7-13(8-6-12)24-20(27)16(19(26)23-21(24)30)11-18-15(9-10-31-18)14-3-1-2-4-17(14)25(28)29/h1-11H,(H,23,26,30). The third kappa shape index (κ3) is 3.98. The van der Waals surface area contributed by atoms with E-state index in [4.69, 9.17) is 23.8 Å². The summed E-state index contributed by atoms with van der Waals surface area (Å²) in [6.07, 6.45) is 1.43. The van der Waals surface area contributed by atoms with Crippen molar-refractivity contribution in [2.75, 3.05) is 4.90 Å². The van der Waals surface area contributed by atoms with E-state index in [2.05, 4.69) is 5.32 Å². The largest absolute Gasteiger partial charge is 0.298 e. The van der Waals surface area contributed by atoms with Crippen LogP contribution in [0.1, 0.15) is 4.88 Å². The average molecular weight is 470 g/mol. The van der Waals surface area contributed by atoms with E-state index in [1.807, 2.05) is 0 Å². The molecule has 0 radical (unpaired) electrons. The molecule has 31 heavy (non-hydrogen) atoms. The van der Waals surface area contributed by atoms with Gasteiger partial charge in [0.25, 0.3) is 17.5 Å². The summed E-state index contributed by atoms with van der Waals surface area (Å²) in [5.41, 5.74) is 1.20. The van der Waals surface area contributed by atoms with Crippen LogP contribution in [0.25, 0.3) is 17.2 Å². The van der Waals surface area contributed by atoms with Gasteiger partial charge < -0.3 is 0 Å². The molecule has 0 saturated carbocycles. The summed E-state index contributed by atoms with van der Waals surface area (Å²) >= 11 is 12.4. The number of amides is 2. The Balaban J connectivity index is 1.78. The molecule has 2 heterocycles. The second kappa shape index (κ2) is 8.38. The van der Waals surface area contributed by atoms with Crippen molar-refractivity contribution in [2.24, 2.45) is 0 Å². The van der Waals surface area contributed by atoms with Crippen molar-refractivity contribution >= 4 is 69.5 Å². The summed E-state index contributed by atoms with van der Waals surface area (Å²) in [7, 11) is 0. The van der Waals surface area contributed by atoms with Crippen molar-refractivity contribution in [3.8, 4) is 11.1 Å². The Bertz CT molecular complexity index is 1270. The van der Waals surface area contributed by atoms with Gasteiger partial charge >= 0.3 is 0 Å². The minimum atomic E-state index is -0.637. The predicted molar refractivity (Wildman–Crippen MR) is 124 cm³/mol. The van der Waals surface area contributed by atoms with E-state index in [0.29, 0.717) is 26.7 Å². The van der Waals surface area contributed by atoms with E-state index in [0.717, 1.165) is 0 Å². The smallest absolute Gasteiger partial charge is 0.277 e. The molecule has 154 valence electrons. The molecule has 1 saturated heterocycles. The second-order valence-corrected chi connectivity index (χ2v) is 8.18. The summed E-state index contributed by atoms with van der Waals surface area (Å²) in [5.74, 6) is -1.24. The second-order valence-electron chi connectivity index (χ2n) is 6.41. The Morgan fingerprint density at radius 1 is 1.06 bits per heavy atom. The first-order chi connectivity index (χ1) is 14.9. The van der Waals surface area contributed by atoms with Crippen molar-refractivity contribution < 1.29 is 14.5 Å². The highest BCUT2D eigenvalue weighted by Crippen LogP contribution is 2.36. The fraction of sp³-hybridized carbons (Fsp3) is 0. The Hall–Kier alpha value is -3.40. The molecule has 0 bridgehead atoms. The van der Waals surface area contributed by atoms with Crippen LogP contribution in [0.2, 0.25) is 5.02 Å². The molecule has 1 N–H and O–H groups in total. The van der Waals surface area contributed by atoms with Crippen LogP contribution in [0.5, 0.6) is 0 Å². The van der Waals surface area contributed by atoms with Gasteiger partial charge in [0, 0.05) is 21.5 Å². The first-order valence-corrected chi connectivity index (χ1v) is 10.5. The molecule has 7 nitrogen and oxygen atoms in total. The van der Waals surface area contributed by atoms with Crippen LogP contribution in [0.15, 0.2) is 65.6 Å². The lowest BCUT2D eigenvalue weighted by molar-refractivity contribution is -0.384. The summed E-state index contributed by atoms with van der Waals surface area (Å²) in [6, 6.07) is 14.5. The number of nitro groups is 1. The summed E-state index contributed by atoms with van der Waals surface area (Å²) in [4.78, 5) is 38.4. The van der Waals surface area contributed by atoms with E-state index < -0.39 is 16.7 Å². The van der Waals surface area contributed by atoms with Gasteiger partial charge in [-0.05, 0) is 60.1 Å². The maximum absolute atomic E-state index is 13.2. The number of thiocarbonyl (C=S) groups is 1. The van der Waals surface area contributed by atoms with Gasteiger partial charge in [0.05, 0.1) is 16.2 Å². The van der Waals surface area contributed by atoms with Crippen molar-refractivity contribution in [1.82, 2.24) is 5.32 Å². The lowest BCUT2D eigenvalue weighted by atomic mass is 10.0. The van der Waals surface area contributed by atoms with Gasteiger partial charge in [0.15, 0.2) is 5.11 Å². The predicted octanol–water partition coefficient (Wildman–Crippen LogP) is 4.81. The highest BCUT2D eigenvalue weighted by atomic mass is 35.5. The molecular formula is C21H12ClN3O4S2. The topological polar surface area (TPSA) is 92.6 Å². The molecule has 2 aromatic carbocycles. The zero-order chi connectivity index (χ0) is 22.1. The fourth-order valence-corrected chi connectivity index (χ4v) is 4.38. The van der Waals surface area contributed by atoms with E-state index in [1.165, 1.54) is 28.4 Å². The molecule has 1 aromatic heterocycles. The normalized spacial score (nSPS) is 15.3. The molecule has 2 amide bonds. The van der Waals surface area contributed by atoms with Crippen LogP contribution >= 0.6 is 35.2 Å². The van der Waals surface area contributed by atoms with Crippen LogP contribution in [-0.2, 0) is 9.59 Å². The van der Waals surface area contributed by atoms with Crippen molar-refractivity contribution in [1.29, 1.82) is 0 Å². The lowest BCUT2D eigenvalue weighted by Gasteiger charge is -2.28. The first kappa shape index (κ1) is 20.9. The van der Waals surface area contributed by atoms with Gasteiger partial charge in [-0.15, -0.1) is 11.3 Å². The molecule has 4 rings (SSSR count). The fourth-order valence-electron chi connectivity index (χ4n) is 3.13. The Morgan fingerprint density at radius 3 is 2.48 bits per heavy atom. The van der Waals surface area contributed by atoms with Gasteiger partial charge in [0.1, 0.15) is 5.57 Å². The number of thiophene rings is 1. The van der Waals surface area contributed by atoms with E-state index >= 15 is 0 Å². The molecule has 10 heteroatoms. The number of halogens is 1. The van der Waals surface area contributed by atoms with E-state index in [-0.39, 0.29) is 16.4 Å². The highest BCUT2D eigenvalue weighted by molar-refractivity contribution is 7.80. The number of carbonyl (C=O) groups is 2. The number of nitrogens with zero attached hydrogens (tertiary/aromatic N) is 2. The number of carbonyl (C=O) groups excluding carboxylic acids is 2. The SMILES string of the molecule is O=C1NC(=S)N(c2ccc(Cl)cc2)C(=O)C1=Cc1sccc1-c1ccccc1[N+](=O)[O-]. The number of anilines is 1. The van der Waals surface area contributed by atoms with Crippen molar-refractivity contribution in [3.05, 3.63) is 85.6 Å². The van der Waals surface area contributed by atoms with Crippen molar-refractivity contribution in [2.45, 2.75) is 0 Å². The van der Waals surface area contributed by atoms with Gasteiger partial charge in [-0.1, -0.05) is 23.7 Å². The third-order valence-electron chi connectivity index (χ3n) is 4.55. The van der Waals surface area contributed by atoms with Gasteiger partial charge in [-0.3, -0.25) is 29.9 Å². The average Bonchev–Trinajstić information content (AvgIpc) is 3.20. The maximum atomic E-state index is 13.2. The zero-order valence-electron chi connectivity index (χ0n) is 15.6. The van der Waals surface area contributed by atoms with Crippen LogP contribution < -0.4 is 10.2 Å². The summed E-state index contributed by atoms with van der Waals surface area (Å²) in [5, 5.41) is 16.1. The Labute approximate surface area is 190 Å². The number of nitrogens with one attached hydrogen (secondary N) is 1. The molecule has 0 aliphatic carbocycles. The minimum Gasteiger partial charge on any atom is -0.298 e. The zero-order valence-corrected chi connectivity index (χ0v) is 18.0. The molecule has 1 aliphatic heterocycles. The molecule has 1 aliphatic rings. The van der Waals surface area contributed by atoms with Crippen LogP contribution in [-0.4, -0.2) is 21.9 Å². The molecule has 0 atom stereocenters. The van der Waals surface area contributed by atoms with Crippen LogP contribution in [0.4, 0.5) is 11.4 Å². The molecular weight excluding hydrogens is 458 g/mol. The van der Waals surface area contributed by atoms with Gasteiger partial charge in [-0.25, -0.2) is 0 Å². The van der Waals surface area contributed by atoms with E-state index in [9.17, 15) is 19.7 Å². The number of hydrogen-bond acceptors (Lipinski definition) is 6. The Morgan fingerprint density at radius 2 is 1.77 bits per heavy atom. The molecule has 3 aromatic rings. The first-order valence-electron chi connectivity index (χ1n) is 8.85. The molecule has 0 unspecified atom stereocenters. The van der Waals surface area contributed by atoms with Gasteiger partial charge in [0.2, 0.25) is 0 Å². The monoisotopic (exact) mass is 469 g/mol. The quantitative estimate of drug-likeness (QED) is 0.195. The van der Waals surface area contributed by atoms with E-state index in [1.54, 1.807) is 53.9 Å². The van der Waals surface area contributed by atoms with Crippen molar-refractivity contribution in [3.63, 3.8) is 0 Å². The minimum absolute atomic E-state index is 0.0421. The summed E-state index contributed by atoms with van der Waals surface area (Å²) in [6.45, 7) is 0. The number of benzene rings is 2. The maximum Gasteiger partial charge on any atom is 0.277 e.